The molecule has 0 radical (unpaired) electrons. The summed E-state index contributed by atoms with van der Waals surface area (Å²) in [6.07, 6.45) is -0.221. The maximum atomic E-state index is 13.3. The molecule has 1 N–H and O–H groups in total. The van der Waals surface area contributed by atoms with E-state index in [4.69, 9.17) is 9.26 Å². The first-order valence-corrected chi connectivity index (χ1v) is 9.01. The molecule has 0 aliphatic heterocycles. The van der Waals surface area contributed by atoms with Gasteiger partial charge in [0, 0.05) is 0 Å². The highest BCUT2D eigenvalue weighted by Gasteiger charge is 2.42. The van der Waals surface area contributed by atoms with Crippen LogP contribution < -0.4 is 9.61 Å². The second kappa shape index (κ2) is 7.30. The molecular weight excluding hydrogens is 301 g/mol. The van der Waals surface area contributed by atoms with Crippen molar-refractivity contribution in [1.82, 2.24) is 5.09 Å². The van der Waals surface area contributed by atoms with Gasteiger partial charge in [-0.3, -0.25) is 9.36 Å². The SMILES string of the molecule is CC(C)OC(=O)[C@H](C)N[P@@](=O)(Oc1ccccc1)C(C)(C)C. The third-order valence-corrected chi connectivity index (χ3v) is 5.89. The zero-order valence-electron chi connectivity index (χ0n) is 14.1. The minimum atomic E-state index is -3.33. The molecule has 1 rings (SSSR count). The Hall–Kier alpha value is -1.32. The minimum Gasteiger partial charge on any atom is -0.462 e. The molecule has 0 unspecified atom stereocenters. The standard InChI is InChI=1S/C16H26NO4P/c1-12(2)20-15(18)13(3)17-22(19,16(4,5)6)21-14-10-8-7-9-11-14/h7-13H,1-6H3,(H,17,19)/t13-,22-/m0/s1. The summed E-state index contributed by atoms with van der Waals surface area (Å²) in [6, 6.07) is 8.20. The van der Waals surface area contributed by atoms with Gasteiger partial charge < -0.3 is 9.26 Å². The molecule has 0 amide bonds. The number of nitrogens with one attached hydrogen (secondary N) is 1. The van der Waals surface area contributed by atoms with E-state index in [1.54, 1.807) is 45.0 Å². The van der Waals surface area contributed by atoms with E-state index in [2.05, 4.69) is 5.09 Å². The highest BCUT2D eigenvalue weighted by Crippen LogP contribution is 2.55. The van der Waals surface area contributed by atoms with Gasteiger partial charge in [-0.2, -0.15) is 0 Å². The van der Waals surface area contributed by atoms with Gasteiger partial charge in [0.05, 0.1) is 11.3 Å². The molecule has 5 nitrogen and oxygen atoms in total. The van der Waals surface area contributed by atoms with Crippen LogP contribution in [0.1, 0.15) is 41.5 Å². The molecule has 0 saturated carbocycles. The van der Waals surface area contributed by atoms with Gasteiger partial charge in [0.25, 0.3) is 0 Å². The number of esters is 1. The van der Waals surface area contributed by atoms with Crippen LogP contribution in [0.25, 0.3) is 0 Å². The van der Waals surface area contributed by atoms with E-state index < -0.39 is 24.7 Å². The maximum absolute atomic E-state index is 13.3. The molecule has 1 aromatic rings. The third-order valence-electron chi connectivity index (χ3n) is 2.93. The van der Waals surface area contributed by atoms with E-state index in [1.165, 1.54) is 0 Å². The average Bonchev–Trinajstić information content (AvgIpc) is 2.37. The normalized spacial score (nSPS) is 16.0. The number of ether oxygens (including phenoxy) is 1. The van der Waals surface area contributed by atoms with Gasteiger partial charge in [-0.25, -0.2) is 5.09 Å². The molecule has 22 heavy (non-hydrogen) atoms. The highest BCUT2D eigenvalue weighted by atomic mass is 31.2. The van der Waals surface area contributed by atoms with Crippen molar-refractivity contribution in [1.29, 1.82) is 0 Å². The molecular formula is C16H26NO4P. The molecule has 0 fully saturated rings. The molecule has 0 spiro atoms. The van der Waals surface area contributed by atoms with Crippen molar-refractivity contribution in [3.05, 3.63) is 30.3 Å². The quantitative estimate of drug-likeness (QED) is 0.632. The first kappa shape index (κ1) is 18.7. The van der Waals surface area contributed by atoms with Gasteiger partial charge in [0.1, 0.15) is 11.8 Å². The van der Waals surface area contributed by atoms with Crippen LogP contribution in [-0.4, -0.2) is 23.3 Å². The van der Waals surface area contributed by atoms with Crippen LogP contribution in [0, 0.1) is 0 Å². The van der Waals surface area contributed by atoms with Crippen LogP contribution in [0.4, 0.5) is 0 Å². The van der Waals surface area contributed by atoms with Crippen LogP contribution >= 0.6 is 7.52 Å². The van der Waals surface area contributed by atoms with Gasteiger partial charge in [-0.15, -0.1) is 0 Å². The molecule has 1 aromatic carbocycles. The Bertz CT molecular complexity index is 537. The Morgan fingerprint density at radius 1 is 1.14 bits per heavy atom. The average molecular weight is 327 g/mol. The Labute approximate surface area is 132 Å². The molecule has 0 aliphatic carbocycles. The number of hydrogen-bond acceptors (Lipinski definition) is 4. The van der Waals surface area contributed by atoms with Crippen molar-refractivity contribution in [2.75, 3.05) is 0 Å². The van der Waals surface area contributed by atoms with Crippen LogP contribution in [-0.2, 0) is 14.1 Å². The summed E-state index contributed by atoms with van der Waals surface area (Å²) in [5.74, 6) is 0.0498. The smallest absolute Gasteiger partial charge is 0.323 e. The summed E-state index contributed by atoms with van der Waals surface area (Å²) in [5.41, 5.74) is 0. The van der Waals surface area contributed by atoms with Crippen molar-refractivity contribution in [3.8, 4) is 5.75 Å². The minimum absolute atomic E-state index is 0.221. The van der Waals surface area contributed by atoms with E-state index in [9.17, 15) is 9.36 Å². The Morgan fingerprint density at radius 3 is 2.14 bits per heavy atom. The molecule has 6 heteroatoms. The molecule has 0 bridgehead atoms. The summed E-state index contributed by atoms with van der Waals surface area (Å²) in [6.45, 7) is 10.6. The summed E-state index contributed by atoms with van der Waals surface area (Å²) >= 11 is 0. The number of para-hydroxylation sites is 1. The van der Waals surface area contributed by atoms with Gasteiger partial charge in [-0.05, 0) is 53.7 Å². The van der Waals surface area contributed by atoms with Crippen LogP contribution in [0.5, 0.6) is 5.75 Å². The maximum Gasteiger partial charge on any atom is 0.323 e. The lowest BCUT2D eigenvalue weighted by molar-refractivity contribution is -0.149. The first-order chi connectivity index (χ1) is 10.0. The van der Waals surface area contributed by atoms with Gasteiger partial charge >= 0.3 is 13.5 Å². The number of carbonyl (C=O) groups excluding carboxylic acids is 1. The third kappa shape index (κ3) is 5.15. The molecule has 0 heterocycles. The monoisotopic (exact) mass is 327 g/mol. The molecule has 0 aliphatic rings. The van der Waals surface area contributed by atoms with E-state index in [0.29, 0.717) is 5.75 Å². The van der Waals surface area contributed by atoms with E-state index in [1.807, 2.05) is 26.8 Å². The Kier molecular flexibility index (Phi) is 6.21. The number of rotatable bonds is 6. The number of hydrogen-bond donors (Lipinski definition) is 1. The second-order valence-corrected chi connectivity index (χ2v) is 9.35. The lowest BCUT2D eigenvalue weighted by atomic mass is 10.3. The first-order valence-electron chi connectivity index (χ1n) is 7.38. The molecule has 0 aromatic heterocycles. The Balaban J connectivity index is 2.94. The van der Waals surface area contributed by atoms with E-state index in [-0.39, 0.29) is 6.10 Å². The van der Waals surface area contributed by atoms with Gasteiger partial charge in [-0.1, -0.05) is 18.2 Å². The summed E-state index contributed by atoms with van der Waals surface area (Å²) in [7, 11) is -3.33. The highest BCUT2D eigenvalue weighted by molar-refractivity contribution is 7.59. The second-order valence-electron chi connectivity index (χ2n) is 6.46. The summed E-state index contributed by atoms with van der Waals surface area (Å²) < 4.78 is 24.1. The van der Waals surface area contributed by atoms with E-state index in [0.717, 1.165) is 0 Å². The van der Waals surface area contributed by atoms with Crippen LogP contribution in [0.3, 0.4) is 0 Å². The molecule has 0 saturated heterocycles. The summed E-state index contributed by atoms with van der Waals surface area (Å²) in [4.78, 5) is 11.9. The number of carbonyl (C=O) groups is 1. The van der Waals surface area contributed by atoms with Gasteiger partial charge in [0.2, 0.25) is 0 Å². The van der Waals surface area contributed by atoms with Gasteiger partial charge in [0.15, 0.2) is 0 Å². The zero-order valence-corrected chi connectivity index (χ0v) is 15.0. The number of benzene rings is 1. The summed E-state index contributed by atoms with van der Waals surface area (Å²) in [5, 5.41) is 2.17. The molecule has 124 valence electrons. The lowest BCUT2D eigenvalue weighted by Crippen LogP contribution is -2.40. The predicted octanol–water partition coefficient (Wildman–Crippen LogP) is 3.99. The Morgan fingerprint density at radius 2 is 1.68 bits per heavy atom. The fourth-order valence-corrected chi connectivity index (χ4v) is 3.38. The van der Waals surface area contributed by atoms with Crippen molar-refractivity contribution >= 4 is 13.5 Å². The molecule has 2 atom stereocenters. The largest absolute Gasteiger partial charge is 0.462 e. The van der Waals surface area contributed by atoms with E-state index >= 15 is 0 Å². The zero-order chi connectivity index (χ0) is 17.0. The van der Waals surface area contributed by atoms with Crippen molar-refractivity contribution in [3.63, 3.8) is 0 Å². The topological polar surface area (TPSA) is 64.6 Å². The van der Waals surface area contributed by atoms with Crippen molar-refractivity contribution < 1.29 is 18.6 Å². The van der Waals surface area contributed by atoms with Crippen molar-refractivity contribution in [2.24, 2.45) is 0 Å². The predicted molar refractivity (Wildman–Crippen MR) is 88.3 cm³/mol. The lowest BCUT2D eigenvalue weighted by Gasteiger charge is -2.33. The van der Waals surface area contributed by atoms with Crippen molar-refractivity contribution in [2.45, 2.75) is 58.8 Å². The fraction of sp³-hybridized carbons (Fsp3) is 0.562. The fourth-order valence-electron chi connectivity index (χ4n) is 1.63. The van der Waals surface area contributed by atoms with Crippen LogP contribution in [0.2, 0.25) is 0 Å². The van der Waals surface area contributed by atoms with Crippen LogP contribution in [0.15, 0.2) is 30.3 Å².